The highest BCUT2D eigenvalue weighted by Gasteiger charge is 2.43. The Morgan fingerprint density at radius 3 is 2.77 bits per heavy atom. The second kappa shape index (κ2) is 2.35. The van der Waals surface area contributed by atoms with E-state index in [0.29, 0.717) is 6.04 Å². The number of aromatic nitrogens is 2. The van der Waals surface area contributed by atoms with Gasteiger partial charge in [0.1, 0.15) is 0 Å². The van der Waals surface area contributed by atoms with Crippen LogP contribution in [0.5, 0.6) is 0 Å². The van der Waals surface area contributed by atoms with Crippen LogP contribution in [0.15, 0.2) is 12.3 Å². The van der Waals surface area contributed by atoms with Crippen LogP contribution >= 0.6 is 0 Å². The molecule has 3 heteroatoms. The van der Waals surface area contributed by atoms with Gasteiger partial charge in [-0.2, -0.15) is 5.10 Å². The summed E-state index contributed by atoms with van der Waals surface area (Å²) in [5.41, 5.74) is 7.41. The predicted octanol–water partition coefficient (Wildman–Crippen LogP) is 1.56. The van der Waals surface area contributed by atoms with Gasteiger partial charge in [0.15, 0.2) is 0 Å². The lowest BCUT2D eigenvalue weighted by molar-refractivity contribution is 0.276. The summed E-state index contributed by atoms with van der Waals surface area (Å²) in [5, 5.41) is 4.38. The molecule has 2 aliphatic rings. The second-order valence-corrected chi connectivity index (χ2v) is 4.40. The summed E-state index contributed by atoms with van der Waals surface area (Å²) in [6, 6.07) is 2.73. The van der Waals surface area contributed by atoms with Crippen molar-refractivity contribution in [3.63, 3.8) is 0 Å². The summed E-state index contributed by atoms with van der Waals surface area (Å²) < 4.78 is 2.16. The van der Waals surface area contributed by atoms with Crippen molar-refractivity contribution < 1.29 is 0 Å². The molecule has 0 spiro atoms. The Morgan fingerprint density at radius 1 is 1.46 bits per heavy atom. The van der Waals surface area contributed by atoms with Gasteiger partial charge >= 0.3 is 0 Å². The van der Waals surface area contributed by atoms with Gasteiger partial charge in [0.2, 0.25) is 0 Å². The molecule has 3 rings (SSSR count). The van der Waals surface area contributed by atoms with Crippen molar-refractivity contribution >= 4 is 0 Å². The first-order valence-electron chi connectivity index (χ1n) is 5.12. The van der Waals surface area contributed by atoms with Crippen molar-refractivity contribution in [3.8, 4) is 0 Å². The number of hydrogen-bond donors (Lipinski definition) is 1. The zero-order chi connectivity index (χ0) is 8.89. The van der Waals surface area contributed by atoms with Crippen LogP contribution in [0.25, 0.3) is 0 Å². The minimum atomic E-state index is -0.0217. The van der Waals surface area contributed by atoms with Crippen molar-refractivity contribution in [1.82, 2.24) is 9.78 Å². The van der Waals surface area contributed by atoms with E-state index in [9.17, 15) is 0 Å². The van der Waals surface area contributed by atoms with Gasteiger partial charge in [-0.3, -0.25) is 4.68 Å². The Hall–Kier alpha value is -0.830. The lowest BCUT2D eigenvalue weighted by Crippen LogP contribution is -2.28. The smallest absolute Gasteiger partial charge is 0.0586 e. The van der Waals surface area contributed by atoms with Crippen LogP contribution < -0.4 is 5.73 Å². The molecule has 0 aliphatic heterocycles. The lowest BCUT2D eigenvalue weighted by Gasteiger charge is -2.28. The number of nitrogens with two attached hydrogens (primary N) is 1. The van der Waals surface area contributed by atoms with Crippen LogP contribution in [0.2, 0.25) is 0 Å². The molecule has 2 saturated carbocycles. The molecule has 2 aliphatic carbocycles. The maximum absolute atomic E-state index is 6.17. The highest BCUT2D eigenvalue weighted by Crippen LogP contribution is 2.44. The quantitative estimate of drug-likeness (QED) is 0.745. The van der Waals surface area contributed by atoms with Gasteiger partial charge in [0.25, 0.3) is 0 Å². The first-order chi connectivity index (χ1) is 6.30. The van der Waals surface area contributed by atoms with Crippen molar-refractivity contribution in [2.45, 2.75) is 43.7 Å². The van der Waals surface area contributed by atoms with Crippen molar-refractivity contribution in [2.24, 2.45) is 5.73 Å². The van der Waals surface area contributed by atoms with Gasteiger partial charge in [0.05, 0.1) is 17.3 Å². The molecular formula is C10H15N3. The Labute approximate surface area is 77.9 Å². The van der Waals surface area contributed by atoms with Crippen molar-refractivity contribution in [1.29, 1.82) is 0 Å². The Balaban J connectivity index is 1.95. The summed E-state index contributed by atoms with van der Waals surface area (Å²) in [7, 11) is 0. The monoisotopic (exact) mass is 177 g/mol. The molecule has 0 aromatic carbocycles. The number of hydrogen-bond acceptors (Lipinski definition) is 2. The minimum Gasteiger partial charge on any atom is -0.320 e. The topological polar surface area (TPSA) is 43.8 Å². The summed E-state index contributed by atoms with van der Waals surface area (Å²) >= 11 is 0. The van der Waals surface area contributed by atoms with Crippen molar-refractivity contribution in [3.05, 3.63) is 18.0 Å². The van der Waals surface area contributed by atoms with Crippen LogP contribution in [-0.4, -0.2) is 9.78 Å². The van der Waals surface area contributed by atoms with Crippen LogP contribution in [0.4, 0.5) is 0 Å². The van der Waals surface area contributed by atoms with Gasteiger partial charge < -0.3 is 5.73 Å². The van der Waals surface area contributed by atoms with E-state index in [1.54, 1.807) is 0 Å². The van der Waals surface area contributed by atoms with Crippen molar-refractivity contribution in [2.75, 3.05) is 0 Å². The normalized spacial score (nSPS) is 25.6. The zero-order valence-electron chi connectivity index (χ0n) is 7.74. The van der Waals surface area contributed by atoms with E-state index in [-0.39, 0.29) is 5.54 Å². The molecule has 0 unspecified atom stereocenters. The molecular weight excluding hydrogens is 162 g/mol. The summed E-state index contributed by atoms with van der Waals surface area (Å²) in [5.74, 6) is 0. The molecule has 70 valence electrons. The van der Waals surface area contributed by atoms with E-state index in [1.807, 2.05) is 6.20 Å². The third kappa shape index (κ3) is 1.03. The minimum absolute atomic E-state index is 0.0217. The van der Waals surface area contributed by atoms with Gasteiger partial charge in [-0.25, -0.2) is 0 Å². The molecule has 2 fully saturated rings. The van der Waals surface area contributed by atoms with E-state index in [4.69, 9.17) is 5.73 Å². The first kappa shape index (κ1) is 7.56. The zero-order valence-corrected chi connectivity index (χ0v) is 7.74. The fourth-order valence-electron chi connectivity index (χ4n) is 2.02. The van der Waals surface area contributed by atoms with Gasteiger partial charge in [-0.1, -0.05) is 0 Å². The Kier molecular flexibility index (Phi) is 1.37. The number of nitrogens with zero attached hydrogens (tertiary/aromatic N) is 2. The molecule has 2 N–H and O–H groups in total. The first-order valence-corrected chi connectivity index (χ1v) is 5.12. The van der Waals surface area contributed by atoms with E-state index < -0.39 is 0 Å². The van der Waals surface area contributed by atoms with Gasteiger partial charge in [0, 0.05) is 6.20 Å². The summed E-state index contributed by atoms with van der Waals surface area (Å²) in [6.45, 7) is 0. The maximum atomic E-state index is 6.17. The summed E-state index contributed by atoms with van der Waals surface area (Å²) in [4.78, 5) is 0. The van der Waals surface area contributed by atoms with Crippen LogP contribution in [0, 0.1) is 0 Å². The van der Waals surface area contributed by atoms with Crippen LogP contribution in [-0.2, 0) is 5.54 Å². The molecule has 1 aromatic heterocycles. The van der Waals surface area contributed by atoms with E-state index >= 15 is 0 Å². The Morgan fingerprint density at radius 2 is 2.23 bits per heavy atom. The average Bonchev–Trinajstić information content (AvgIpc) is 2.60. The highest BCUT2D eigenvalue weighted by atomic mass is 15.3. The average molecular weight is 177 g/mol. The Bertz CT molecular complexity index is 321. The second-order valence-electron chi connectivity index (χ2n) is 4.40. The van der Waals surface area contributed by atoms with Crippen LogP contribution in [0.1, 0.15) is 43.8 Å². The predicted molar refractivity (Wildman–Crippen MR) is 50.2 cm³/mol. The third-order valence-corrected chi connectivity index (χ3v) is 3.39. The molecule has 0 radical (unpaired) electrons. The molecule has 1 aromatic rings. The summed E-state index contributed by atoms with van der Waals surface area (Å²) in [6.07, 6.45) is 8.06. The lowest BCUT2D eigenvalue weighted by atomic mass is 9.93. The highest BCUT2D eigenvalue weighted by molar-refractivity contribution is 5.22. The molecule has 0 amide bonds. The van der Waals surface area contributed by atoms with E-state index in [2.05, 4.69) is 15.8 Å². The van der Waals surface area contributed by atoms with E-state index in [1.165, 1.54) is 25.0 Å². The van der Waals surface area contributed by atoms with Gasteiger partial charge in [-0.05, 0) is 38.2 Å². The molecule has 0 atom stereocenters. The standard InChI is InChI=1S/C10H15N3/c11-10(5-6-10)9-4-7-12-13(9)8-2-1-3-8/h4,7-8H,1-3,5-6,11H2. The largest absolute Gasteiger partial charge is 0.320 e. The molecule has 1 heterocycles. The molecule has 0 saturated heterocycles. The fourth-order valence-corrected chi connectivity index (χ4v) is 2.02. The SMILES string of the molecule is NC1(c2ccnn2C2CCC2)CC1. The fraction of sp³-hybridized carbons (Fsp3) is 0.700. The molecule has 13 heavy (non-hydrogen) atoms. The molecule has 3 nitrogen and oxygen atoms in total. The van der Waals surface area contributed by atoms with E-state index in [0.717, 1.165) is 12.8 Å². The van der Waals surface area contributed by atoms with Crippen LogP contribution in [0.3, 0.4) is 0 Å². The maximum Gasteiger partial charge on any atom is 0.0586 e. The third-order valence-electron chi connectivity index (χ3n) is 3.39. The van der Waals surface area contributed by atoms with Gasteiger partial charge in [-0.15, -0.1) is 0 Å². The number of rotatable bonds is 2. The molecule has 0 bridgehead atoms.